The van der Waals surface area contributed by atoms with Gasteiger partial charge in [-0.2, -0.15) is 4.79 Å². The van der Waals surface area contributed by atoms with Crippen molar-refractivity contribution in [2.45, 2.75) is 6.92 Å². The van der Waals surface area contributed by atoms with E-state index in [-0.39, 0.29) is 5.92 Å². The van der Waals surface area contributed by atoms with Gasteiger partial charge in [0.1, 0.15) is 11.7 Å². The van der Waals surface area contributed by atoms with Crippen LogP contribution in [-0.2, 0) is 4.74 Å². The molecule has 58 valence electrons. The second-order valence-electron chi connectivity index (χ2n) is 2.38. The molecular formula is C8H10N2O. The van der Waals surface area contributed by atoms with E-state index in [2.05, 4.69) is 4.79 Å². The molecule has 0 aromatic carbocycles. The van der Waals surface area contributed by atoms with Gasteiger partial charge in [-0.25, -0.2) is 0 Å². The Labute approximate surface area is 65.6 Å². The number of hydrogen-bond acceptors (Lipinski definition) is 1. The summed E-state index contributed by atoms with van der Waals surface area (Å²) in [5, 5.41) is 0. The first-order chi connectivity index (χ1) is 5.29. The molecule has 1 unspecified atom stereocenters. The van der Waals surface area contributed by atoms with Crippen LogP contribution in [0.3, 0.4) is 0 Å². The van der Waals surface area contributed by atoms with Gasteiger partial charge in [-0.05, 0) is 13.0 Å². The van der Waals surface area contributed by atoms with Crippen molar-refractivity contribution >= 4 is 5.71 Å². The van der Waals surface area contributed by atoms with Gasteiger partial charge in [0.25, 0.3) is 0 Å². The number of allylic oxidation sites excluding steroid dienone is 4. The molecule has 0 aliphatic heterocycles. The summed E-state index contributed by atoms with van der Waals surface area (Å²) in [6.45, 7) is 1.92. The van der Waals surface area contributed by atoms with Crippen LogP contribution in [-0.4, -0.2) is 17.6 Å². The van der Waals surface area contributed by atoms with Crippen molar-refractivity contribution in [1.29, 1.82) is 0 Å². The van der Waals surface area contributed by atoms with E-state index < -0.39 is 0 Å². The highest BCUT2D eigenvalue weighted by Gasteiger charge is 2.22. The average molecular weight is 150 g/mol. The van der Waals surface area contributed by atoms with Gasteiger partial charge >= 0.3 is 5.71 Å². The van der Waals surface area contributed by atoms with E-state index in [9.17, 15) is 0 Å². The summed E-state index contributed by atoms with van der Waals surface area (Å²) >= 11 is 0. The minimum atomic E-state index is 0.0509. The maximum Gasteiger partial charge on any atom is 0.302 e. The van der Waals surface area contributed by atoms with Crippen molar-refractivity contribution in [3.63, 3.8) is 0 Å². The Morgan fingerprint density at radius 3 is 2.91 bits per heavy atom. The fourth-order valence-electron chi connectivity index (χ4n) is 1.04. The van der Waals surface area contributed by atoms with E-state index in [1.807, 2.05) is 13.0 Å². The zero-order chi connectivity index (χ0) is 8.27. The highest BCUT2D eigenvalue weighted by atomic mass is 16.5. The third-order valence-electron chi connectivity index (χ3n) is 1.75. The van der Waals surface area contributed by atoms with E-state index in [4.69, 9.17) is 10.3 Å². The summed E-state index contributed by atoms with van der Waals surface area (Å²) in [4.78, 5) is 3.14. The van der Waals surface area contributed by atoms with Crippen molar-refractivity contribution in [3.05, 3.63) is 29.5 Å². The molecule has 1 aliphatic rings. The maximum atomic E-state index is 8.53. The second-order valence-corrected chi connectivity index (χ2v) is 2.38. The van der Waals surface area contributed by atoms with Crippen LogP contribution in [0.5, 0.6) is 0 Å². The molecule has 0 aromatic rings. The molecule has 0 radical (unpaired) electrons. The lowest BCUT2D eigenvalue weighted by Gasteiger charge is -2.11. The highest BCUT2D eigenvalue weighted by molar-refractivity contribution is 5.95. The third-order valence-corrected chi connectivity index (χ3v) is 1.75. The number of methoxy groups -OCH3 is 1. The predicted molar refractivity (Wildman–Crippen MR) is 42.0 cm³/mol. The Kier molecular flexibility index (Phi) is 2.24. The van der Waals surface area contributed by atoms with Crippen LogP contribution in [0.4, 0.5) is 0 Å². The SMILES string of the molecule is COC1=CC=CC(=[N+]=[N-])C1C. The predicted octanol–water partition coefficient (Wildman–Crippen LogP) is 1.39. The monoisotopic (exact) mass is 150 g/mol. The van der Waals surface area contributed by atoms with Gasteiger partial charge in [0.2, 0.25) is 0 Å². The normalized spacial score (nSPS) is 22.5. The van der Waals surface area contributed by atoms with E-state index in [1.165, 1.54) is 0 Å². The van der Waals surface area contributed by atoms with Crippen molar-refractivity contribution in [2.24, 2.45) is 5.92 Å². The summed E-state index contributed by atoms with van der Waals surface area (Å²) in [6.07, 6.45) is 5.42. The summed E-state index contributed by atoms with van der Waals surface area (Å²) in [5.41, 5.74) is 9.16. The van der Waals surface area contributed by atoms with Gasteiger partial charge in [0, 0.05) is 6.08 Å². The van der Waals surface area contributed by atoms with Crippen molar-refractivity contribution in [1.82, 2.24) is 0 Å². The molecule has 1 atom stereocenters. The first kappa shape index (κ1) is 7.76. The molecule has 1 aliphatic carbocycles. The lowest BCUT2D eigenvalue weighted by atomic mass is 9.99. The molecule has 0 bridgehead atoms. The van der Waals surface area contributed by atoms with E-state index in [0.717, 1.165) is 5.76 Å². The molecule has 0 saturated heterocycles. The molecule has 0 spiro atoms. The number of rotatable bonds is 1. The molecule has 0 N–H and O–H groups in total. The number of ether oxygens (including phenoxy) is 1. The minimum Gasteiger partial charge on any atom is -0.500 e. The van der Waals surface area contributed by atoms with E-state index in [0.29, 0.717) is 5.71 Å². The molecule has 0 fully saturated rings. The topological polar surface area (TPSA) is 45.6 Å². The van der Waals surface area contributed by atoms with Gasteiger partial charge in [-0.15, -0.1) is 0 Å². The lowest BCUT2D eigenvalue weighted by molar-refractivity contribution is -0.0107. The molecule has 0 aromatic heterocycles. The molecule has 0 amide bonds. The zero-order valence-electron chi connectivity index (χ0n) is 6.61. The Morgan fingerprint density at radius 1 is 1.64 bits per heavy atom. The quantitative estimate of drug-likeness (QED) is 0.411. The zero-order valence-corrected chi connectivity index (χ0v) is 6.61. The van der Waals surface area contributed by atoms with Crippen LogP contribution in [0.2, 0.25) is 0 Å². The summed E-state index contributed by atoms with van der Waals surface area (Å²) in [5.74, 6) is 0.871. The Morgan fingerprint density at radius 2 is 2.36 bits per heavy atom. The highest BCUT2D eigenvalue weighted by Crippen LogP contribution is 2.16. The first-order valence-corrected chi connectivity index (χ1v) is 3.43. The Hall–Kier alpha value is -1.34. The van der Waals surface area contributed by atoms with Crippen LogP contribution in [0, 0.1) is 5.92 Å². The van der Waals surface area contributed by atoms with Gasteiger partial charge < -0.3 is 10.3 Å². The number of nitrogens with zero attached hydrogens (tertiary/aromatic N) is 2. The van der Waals surface area contributed by atoms with E-state index in [1.54, 1.807) is 19.3 Å². The maximum absolute atomic E-state index is 8.53. The van der Waals surface area contributed by atoms with Crippen LogP contribution in [0.1, 0.15) is 6.92 Å². The summed E-state index contributed by atoms with van der Waals surface area (Å²) in [7, 11) is 1.61. The average Bonchev–Trinajstić information content (AvgIpc) is 2.05. The van der Waals surface area contributed by atoms with Gasteiger partial charge in [-0.1, -0.05) is 6.08 Å². The van der Waals surface area contributed by atoms with E-state index >= 15 is 0 Å². The molecule has 1 rings (SSSR count). The van der Waals surface area contributed by atoms with Crippen LogP contribution in [0.25, 0.3) is 5.53 Å². The summed E-state index contributed by atoms with van der Waals surface area (Å²) in [6, 6.07) is 0. The second kappa shape index (κ2) is 3.17. The molecule has 0 saturated carbocycles. The molecule has 3 nitrogen and oxygen atoms in total. The smallest absolute Gasteiger partial charge is 0.302 e. The number of hydrogen-bond donors (Lipinski definition) is 0. The third kappa shape index (κ3) is 1.38. The molecular weight excluding hydrogens is 140 g/mol. The largest absolute Gasteiger partial charge is 0.500 e. The van der Waals surface area contributed by atoms with Gasteiger partial charge in [-0.3, -0.25) is 0 Å². The van der Waals surface area contributed by atoms with Crippen molar-refractivity contribution in [2.75, 3.05) is 7.11 Å². The molecule has 11 heavy (non-hydrogen) atoms. The Bertz CT molecular complexity index is 259. The fraction of sp³-hybridized carbons (Fsp3) is 0.375. The molecule has 0 heterocycles. The van der Waals surface area contributed by atoms with Crippen LogP contribution in [0.15, 0.2) is 24.0 Å². The van der Waals surface area contributed by atoms with Crippen molar-refractivity contribution < 1.29 is 9.53 Å². The van der Waals surface area contributed by atoms with Crippen molar-refractivity contribution in [3.8, 4) is 0 Å². The van der Waals surface area contributed by atoms with Crippen LogP contribution >= 0.6 is 0 Å². The minimum absolute atomic E-state index is 0.0509. The van der Waals surface area contributed by atoms with Crippen LogP contribution < -0.4 is 0 Å². The van der Waals surface area contributed by atoms with Gasteiger partial charge in [0.05, 0.1) is 7.11 Å². The first-order valence-electron chi connectivity index (χ1n) is 3.43. The summed E-state index contributed by atoms with van der Waals surface area (Å²) < 4.78 is 5.05. The fourth-order valence-corrected chi connectivity index (χ4v) is 1.04. The Balaban J connectivity index is 2.94. The lowest BCUT2D eigenvalue weighted by Crippen LogP contribution is -2.15. The van der Waals surface area contributed by atoms with Gasteiger partial charge in [0.15, 0.2) is 0 Å². The molecule has 3 heteroatoms. The standard InChI is InChI=1S/C8H10N2O/c1-6-7(10-9)4-3-5-8(6)11-2/h3-6H,1-2H3.